The largest absolute Gasteiger partial charge is 0.465 e. The topological polar surface area (TPSA) is 84.5 Å². The third-order valence-corrected chi connectivity index (χ3v) is 3.96. The van der Waals surface area contributed by atoms with Gasteiger partial charge in [0.15, 0.2) is 0 Å². The number of hydrogen-bond donors (Lipinski definition) is 2. The molecule has 27 heavy (non-hydrogen) atoms. The van der Waals surface area contributed by atoms with Crippen LogP contribution in [0.25, 0.3) is 0 Å². The molecule has 0 bridgehead atoms. The predicted octanol–water partition coefficient (Wildman–Crippen LogP) is 2.95. The van der Waals surface area contributed by atoms with Crippen LogP contribution in [0.1, 0.15) is 22.3 Å². The fourth-order valence-corrected chi connectivity index (χ4v) is 2.43. The van der Waals surface area contributed by atoms with Crippen molar-refractivity contribution in [2.45, 2.75) is 12.8 Å². The lowest BCUT2D eigenvalue weighted by atomic mass is 10.1. The van der Waals surface area contributed by atoms with E-state index >= 15 is 0 Å². The fourth-order valence-electron chi connectivity index (χ4n) is 2.27. The van der Waals surface area contributed by atoms with Crippen LogP contribution in [0.3, 0.4) is 0 Å². The predicted molar refractivity (Wildman–Crippen MR) is 99.2 cm³/mol. The van der Waals surface area contributed by atoms with Gasteiger partial charge in [0, 0.05) is 6.54 Å². The average molecular weight is 393 g/mol. The molecule has 0 aliphatic rings. The van der Waals surface area contributed by atoms with Gasteiger partial charge in [0.05, 0.1) is 23.4 Å². The number of benzene rings is 2. The van der Waals surface area contributed by atoms with E-state index in [1.54, 1.807) is 12.1 Å². The summed E-state index contributed by atoms with van der Waals surface area (Å²) in [5, 5.41) is 5.34. The Labute approximate surface area is 160 Å². The van der Waals surface area contributed by atoms with Crippen LogP contribution in [0.15, 0.2) is 42.5 Å². The highest BCUT2D eigenvalue weighted by Gasteiger charge is 2.13. The summed E-state index contributed by atoms with van der Waals surface area (Å²) in [4.78, 5) is 35.4. The molecule has 142 valence electrons. The first kappa shape index (κ1) is 20.4. The zero-order valence-electron chi connectivity index (χ0n) is 14.6. The van der Waals surface area contributed by atoms with E-state index in [-0.39, 0.29) is 22.1 Å². The fraction of sp³-hybridized carbons (Fsp3) is 0.211. The van der Waals surface area contributed by atoms with Crippen LogP contribution >= 0.6 is 11.6 Å². The Morgan fingerprint density at radius 3 is 2.44 bits per heavy atom. The number of amides is 2. The number of carbonyl (C=O) groups is 3. The van der Waals surface area contributed by atoms with Crippen molar-refractivity contribution in [1.29, 1.82) is 0 Å². The number of methoxy groups -OCH3 is 1. The molecule has 2 rings (SSSR count). The summed E-state index contributed by atoms with van der Waals surface area (Å²) in [6.45, 7) is 0.316. The van der Waals surface area contributed by atoms with Gasteiger partial charge >= 0.3 is 5.97 Å². The molecule has 0 heterocycles. The molecule has 2 N–H and O–H groups in total. The molecule has 2 aromatic rings. The molecular weight excluding hydrogens is 375 g/mol. The molecule has 0 radical (unpaired) electrons. The number of nitrogens with one attached hydrogen (secondary N) is 2. The van der Waals surface area contributed by atoms with Crippen molar-refractivity contribution >= 4 is 35.1 Å². The van der Waals surface area contributed by atoms with Crippen molar-refractivity contribution in [2.75, 3.05) is 19.0 Å². The second-order valence-electron chi connectivity index (χ2n) is 5.64. The first-order chi connectivity index (χ1) is 12.9. The molecule has 2 amide bonds. The summed E-state index contributed by atoms with van der Waals surface area (Å²) in [5.74, 6) is -1.93. The van der Waals surface area contributed by atoms with Crippen LogP contribution in [0.4, 0.5) is 10.1 Å². The van der Waals surface area contributed by atoms with Gasteiger partial charge in [0.2, 0.25) is 11.8 Å². The summed E-state index contributed by atoms with van der Waals surface area (Å²) in [6, 6.07) is 10.2. The first-order valence-electron chi connectivity index (χ1n) is 8.08. The number of carbonyl (C=O) groups excluding carboxylic acids is 3. The maximum atomic E-state index is 12.8. The molecule has 2 aromatic carbocycles. The molecule has 0 aliphatic heterocycles. The van der Waals surface area contributed by atoms with Crippen LogP contribution in [-0.2, 0) is 20.7 Å². The van der Waals surface area contributed by atoms with Gasteiger partial charge in [-0.25, -0.2) is 9.18 Å². The third kappa shape index (κ3) is 6.38. The number of esters is 1. The molecular formula is C19H18ClFN2O4. The first-order valence-corrected chi connectivity index (χ1v) is 8.45. The summed E-state index contributed by atoms with van der Waals surface area (Å²) in [5.41, 5.74) is 1.30. The smallest absolute Gasteiger partial charge is 0.337 e. The highest BCUT2D eigenvalue weighted by Crippen LogP contribution is 2.23. The quantitative estimate of drug-likeness (QED) is 0.560. The highest BCUT2D eigenvalue weighted by atomic mass is 35.5. The van der Waals surface area contributed by atoms with E-state index < -0.39 is 24.2 Å². The summed E-state index contributed by atoms with van der Waals surface area (Å²) < 4.78 is 17.4. The Hall–Kier alpha value is -2.93. The molecule has 0 atom stereocenters. The van der Waals surface area contributed by atoms with E-state index in [2.05, 4.69) is 15.4 Å². The van der Waals surface area contributed by atoms with Gasteiger partial charge in [0.1, 0.15) is 12.2 Å². The zero-order valence-corrected chi connectivity index (χ0v) is 15.3. The van der Waals surface area contributed by atoms with Crippen LogP contribution in [-0.4, -0.2) is 31.4 Å². The lowest BCUT2D eigenvalue weighted by Crippen LogP contribution is -2.29. The van der Waals surface area contributed by atoms with E-state index in [0.29, 0.717) is 13.0 Å². The number of ether oxygens (including phenoxy) is 1. The van der Waals surface area contributed by atoms with Crippen LogP contribution in [0.5, 0.6) is 0 Å². The van der Waals surface area contributed by atoms with E-state index in [1.165, 1.54) is 37.4 Å². The molecule has 0 saturated carbocycles. The Kier molecular flexibility index (Phi) is 7.31. The maximum Gasteiger partial charge on any atom is 0.337 e. The van der Waals surface area contributed by atoms with E-state index in [9.17, 15) is 18.8 Å². The summed E-state index contributed by atoms with van der Waals surface area (Å²) >= 11 is 5.99. The monoisotopic (exact) mass is 392 g/mol. The van der Waals surface area contributed by atoms with Gasteiger partial charge in [-0.2, -0.15) is 0 Å². The zero-order chi connectivity index (χ0) is 19.8. The number of anilines is 1. The average Bonchev–Trinajstić information content (AvgIpc) is 2.64. The van der Waals surface area contributed by atoms with Gasteiger partial charge in [-0.3, -0.25) is 9.59 Å². The van der Waals surface area contributed by atoms with Gasteiger partial charge in [-0.05, 0) is 42.3 Å². The van der Waals surface area contributed by atoms with Crippen molar-refractivity contribution in [3.8, 4) is 0 Å². The number of hydrogen-bond acceptors (Lipinski definition) is 4. The standard InChI is InChI=1S/C19H18ClFN2O4/c1-27-19(26)13-4-7-15(20)16(10-13)23-18(25)11-17(24)22-9-8-12-2-5-14(21)6-3-12/h2-7,10H,8-9,11H2,1H3,(H,22,24)(H,23,25). The van der Waals surface area contributed by atoms with E-state index in [0.717, 1.165) is 5.56 Å². The highest BCUT2D eigenvalue weighted by molar-refractivity contribution is 6.34. The van der Waals surface area contributed by atoms with Crippen LogP contribution < -0.4 is 10.6 Å². The molecule has 0 spiro atoms. The van der Waals surface area contributed by atoms with Crippen molar-refractivity contribution in [3.63, 3.8) is 0 Å². The molecule has 0 unspecified atom stereocenters. The minimum absolute atomic E-state index is 0.212. The lowest BCUT2D eigenvalue weighted by molar-refractivity contribution is -0.126. The summed E-state index contributed by atoms with van der Waals surface area (Å²) in [7, 11) is 1.24. The minimum atomic E-state index is -0.571. The molecule has 6 nitrogen and oxygen atoms in total. The Morgan fingerprint density at radius 2 is 1.78 bits per heavy atom. The minimum Gasteiger partial charge on any atom is -0.465 e. The van der Waals surface area contributed by atoms with Crippen molar-refractivity contribution in [3.05, 3.63) is 64.4 Å². The molecule has 8 heteroatoms. The maximum absolute atomic E-state index is 12.8. The van der Waals surface area contributed by atoms with E-state index in [1.807, 2.05) is 0 Å². The van der Waals surface area contributed by atoms with Crippen molar-refractivity contribution in [2.24, 2.45) is 0 Å². The van der Waals surface area contributed by atoms with E-state index in [4.69, 9.17) is 11.6 Å². The Bertz CT molecular complexity index is 840. The Balaban J connectivity index is 1.83. The second kappa shape index (κ2) is 9.68. The number of rotatable bonds is 7. The lowest BCUT2D eigenvalue weighted by Gasteiger charge is -2.09. The van der Waals surface area contributed by atoms with Gasteiger partial charge < -0.3 is 15.4 Å². The van der Waals surface area contributed by atoms with Crippen LogP contribution in [0, 0.1) is 5.82 Å². The third-order valence-electron chi connectivity index (χ3n) is 3.63. The summed E-state index contributed by atoms with van der Waals surface area (Å²) in [6.07, 6.45) is 0.114. The normalized spacial score (nSPS) is 10.2. The molecule has 0 fully saturated rings. The van der Waals surface area contributed by atoms with Crippen LogP contribution in [0.2, 0.25) is 5.02 Å². The van der Waals surface area contributed by atoms with Crippen molar-refractivity contribution in [1.82, 2.24) is 5.32 Å². The second-order valence-corrected chi connectivity index (χ2v) is 6.04. The van der Waals surface area contributed by atoms with Gasteiger partial charge in [-0.15, -0.1) is 0 Å². The molecule has 0 aliphatic carbocycles. The Morgan fingerprint density at radius 1 is 1.07 bits per heavy atom. The number of halogens is 2. The molecule has 0 aromatic heterocycles. The van der Waals surface area contributed by atoms with Gasteiger partial charge in [0.25, 0.3) is 0 Å². The molecule has 0 saturated heterocycles. The van der Waals surface area contributed by atoms with Gasteiger partial charge in [-0.1, -0.05) is 23.7 Å². The van der Waals surface area contributed by atoms with Crippen molar-refractivity contribution < 1.29 is 23.5 Å². The SMILES string of the molecule is COC(=O)c1ccc(Cl)c(NC(=O)CC(=O)NCCc2ccc(F)cc2)c1.